The van der Waals surface area contributed by atoms with E-state index in [-0.39, 0.29) is 5.60 Å². The van der Waals surface area contributed by atoms with Crippen LogP contribution in [-0.4, -0.2) is 52.6 Å². The first-order valence-corrected chi connectivity index (χ1v) is 12.5. The van der Waals surface area contributed by atoms with Crippen molar-refractivity contribution in [1.82, 2.24) is 15.0 Å². The molecule has 1 saturated heterocycles. The Bertz CT molecular complexity index is 1140. The van der Waals surface area contributed by atoms with Gasteiger partial charge in [0.2, 0.25) is 0 Å². The fourth-order valence-corrected chi connectivity index (χ4v) is 6.38. The number of thiophene rings is 1. The standard InChI is InChI=1S/C21H23BrN4O2S2/c1-12(22)10-29-20-17-16(23-11-24-20)15-13-8-21(2,3)28-9-14(13)18(25-19(15)30-17)26-4-6-27-7-5-26/h11H,1,4-10H2,2-3H3. The van der Waals surface area contributed by atoms with Crippen molar-refractivity contribution in [2.75, 3.05) is 37.0 Å². The molecule has 0 atom stereocenters. The summed E-state index contributed by atoms with van der Waals surface area (Å²) in [7, 11) is 0. The lowest BCUT2D eigenvalue weighted by Gasteiger charge is -2.36. The van der Waals surface area contributed by atoms with E-state index in [0.717, 1.165) is 68.9 Å². The zero-order valence-electron chi connectivity index (χ0n) is 17.0. The summed E-state index contributed by atoms with van der Waals surface area (Å²) in [4.78, 5) is 17.7. The average molecular weight is 507 g/mol. The summed E-state index contributed by atoms with van der Waals surface area (Å²) in [5, 5.41) is 2.15. The van der Waals surface area contributed by atoms with Crippen LogP contribution in [0.4, 0.5) is 5.82 Å². The highest BCUT2D eigenvalue weighted by atomic mass is 79.9. The maximum absolute atomic E-state index is 6.20. The molecule has 0 N–H and O–H groups in total. The van der Waals surface area contributed by atoms with Gasteiger partial charge in [-0.15, -0.1) is 11.3 Å². The summed E-state index contributed by atoms with van der Waals surface area (Å²) in [5.41, 5.74) is 3.31. The molecule has 9 heteroatoms. The van der Waals surface area contributed by atoms with Gasteiger partial charge in [0, 0.05) is 36.2 Å². The van der Waals surface area contributed by atoms with Crippen LogP contribution in [0.2, 0.25) is 0 Å². The summed E-state index contributed by atoms with van der Waals surface area (Å²) >= 11 is 6.82. The van der Waals surface area contributed by atoms with Gasteiger partial charge in [0.1, 0.15) is 22.0 Å². The normalized spacial score (nSPS) is 18.7. The Balaban J connectivity index is 1.73. The quantitative estimate of drug-likeness (QED) is 0.367. The van der Waals surface area contributed by atoms with E-state index in [1.165, 1.54) is 16.5 Å². The smallest absolute Gasteiger partial charge is 0.136 e. The Morgan fingerprint density at radius 3 is 2.87 bits per heavy atom. The lowest BCUT2D eigenvalue weighted by molar-refractivity contribution is -0.0396. The number of morpholine rings is 1. The molecule has 3 aromatic rings. The zero-order valence-corrected chi connectivity index (χ0v) is 20.3. The number of anilines is 1. The molecular formula is C21H23BrN4O2S2. The molecule has 1 fully saturated rings. The van der Waals surface area contributed by atoms with Crippen LogP contribution in [0, 0.1) is 0 Å². The van der Waals surface area contributed by atoms with Gasteiger partial charge >= 0.3 is 0 Å². The van der Waals surface area contributed by atoms with Crippen LogP contribution < -0.4 is 4.90 Å². The molecule has 0 unspecified atom stereocenters. The van der Waals surface area contributed by atoms with Crippen LogP contribution >= 0.6 is 39.0 Å². The highest BCUT2D eigenvalue weighted by molar-refractivity contribution is 9.11. The third kappa shape index (κ3) is 3.75. The molecule has 2 aliphatic rings. The van der Waals surface area contributed by atoms with Gasteiger partial charge in [-0.1, -0.05) is 34.3 Å². The largest absolute Gasteiger partial charge is 0.378 e. The van der Waals surface area contributed by atoms with Crippen molar-refractivity contribution in [3.8, 4) is 0 Å². The van der Waals surface area contributed by atoms with E-state index in [1.54, 1.807) is 29.4 Å². The molecule has 0 radical (unpaired) electrons. The van der Waals surface area contributed by atoms with Gasteiger partial charge in [-0.2, -0.15) is 0 Å². The SMILES string of the molecule is C=C(Br)CSc1ncnc2c1sc1nc(N3CCOCC3)c3c(c12)CC(C)(C)OC3. The Morgan fingerprint density at radius 2 is 2.10 bits per heavy atom. The van der Waals surface area contributed by atoms with Crippen LogP contribution in [0.25, 0.3) is 20.4 Å². The van der Waals surface area contributed by atoms with Crippen LogP contribution in [0.5, 0.6) is 0 Å². The van der Waals surface area contributed by atoms with E-state index >= 15 is 0 Å². The lowest BCUT2D eigenvalue weighted by atomic mass is 9.90. The average Bonchev–Trinajstić information content (AvgIpc) is 3.11. The van der Waals surface area contributed by atoms with Gasteiger partial charge < -0.3 is 14.4 Å². The number of rotatable bonds is 4. The predicted octanol–water partition coefficient (Wildman–Crippen LogP) is 4.93. The Labute approximate surface area is 192 Å². The summed E-state index contributed by atoms with van der Waals surface area (Å²) in [6.45, 7) is 12.0. The van der Waals surface area contributed by atoms with Gasteiger partial charge in [0.05, 0.1) is 35.6 Å². The number of thioether (sulfide) groups is 1. The molecule has 3 aromatic heterocycles. The van der Waals surface area contributed by atoms with Crippen LogP contribution in [-0.2, 0) is 22.5 Å². The lowest BCUT2D eigenvalue weighted by Crippen LogP contribution is -2.39. The van der Waals surface area contributed by atoms with Gasteiger partial charge in [0.25, 0.3) is 0 Å². The molecule has 0 bridgehead atoms. The van der Waals surface area contributed by atoms with Crippen molar-refractivity contribution in [2.45, 2.75) is 37.5 Å². The third-order valence-electron chi connectivity index (χ3n) is 5.45. The maximum atomic E-state index is 6.20. The minimum absolute atomic E-state index is 0.212. The van der Waals surface area contributed by atoms with E-state index in [0.29, 0.717) is 6.61 Å². The van der Waals surface area contributed by atoms with Gasteiger partial charge in [-0.05, 0) is 23.9 Å². The van der Waals surface area contributed by atoms with Gasteiger partial charge in [-0.25, -0.2) is 15.0 Å². The molecule has 0 spiro atoms. The number of halogens is 1. The van der Waals surface area contributed by atoms with Gasteiger partial charge in [-0.3, -0.25) is 0 Å². The molecule has 0 aliphatic carbocycles. The Hall–Kier alpha value is -1.26. The first-order valence-electron chi connectivity index (χ1n) is 9.94. The number of hydrogen-bond acceptors (Lipinski definition) is 8. The number of aromatic nitrogens is 3. The molecule has 0 aromatic carbocycles. The Morgan fingerprint density at radius 1 is 1.30 bits per heavy atom. The molecule has 5 heterocycles. The minimum Gasteiger partial charge on any atom is -0.378 e. The zero-order chi connectivity index (χ0) is 20.9. The number of hydrogen-bond donors (Lipinski definition) is 0. The number of ether oxygens (including phenoxy) is 2. The minimum atomic E-state index is -0.212. The maximum Gasteiger partial charge on any atom is 0.136 e. The van der Waals surface area contributed by atoms with E-state index in [9.17, 15) is 0 Å². The number of nitrogens with zero attached hydrogens (tertiary/aromatic N) is 4. The molecule has 6 nitrogen and oxygen atoms in total. The molecule has 0 amide bonds. The van der Waals surface area contributed by atoms with E-state index in [2.05, 4.69) is 46.2 Å². The van der Waals surface area contributed by atoms with E-state index in [1.807, 2.05) is 0 Å². The molecule has 5 rings (SSSR count). The topological polar surface area (TPSA) is 60.4 Å². The molecule has 30 heavy (non-hydrogen) atoms. The van der Waals surface area contributed by atoms with E-state index < -0.39 is 0 Å². The third-order valence-corrected chi connectivity index (χ3v) is 8.39. The second-order valence-electron chi connectivity index (χ2n) is 8.16. The Kier molecular flexibility index (Phi) is 5.51. The van der Waals surface area contributed by atoms with Crippen molar-refractivity contribution >= 4 is 65.3 Å². The van der Waals surface area contributed by atoms with Crippen molar-refractivity contribution < 1.29 is 9.47 Å². The highest BCUT2D eigenvalue weighted by Gasteiger charge is 2.33. The van der Waals surface area contributed by atoms with Crippen molar-refractivity contribution in [3.63, 3.8) is 0 Å². The second-order valence-corrected chi connectivity index (χ2v) is 11.2. The van der Waals surface area contributed by atoms with Crippen LogP contribution in [0.3, 0.4) is 0 Å². The highest BCUT2D eigenvalue weighted by Crippen LogP contribution is 2.44. The summed E-state index contributed by atoms with van der Waals surface area (Å²) < 4.78 is 13.8. The summed E-state index contributed by atoms with van der Waals surface area (Å²) in [6.07, 6.45) is 2.51. The molecule has 2 aliphatic heterocycles. The molecular weight excluding hydrogens is 484 g/mol. The monoisotopic (exact) mass is 506 g/mol. The van der Waals surface area contributed by atoms with Gasteiger partial charge in [0.15, 0.2) is 0 Å². The number of pyridine rings is 1. The van der Waals surface area contributed by atoms with Crippen LogP contribution in [0.1, 0.15) is 25.0 Å². The van der Waals surface area contributed by atoms with Crippen molar-refractivity contribution in [1.29, 1.82) is 0 Å². The van der Waals surface area contributed by atoms with Crippen molar-refractivity contribution in [2.24, 2.45) is 0 Å². The summed E-state index contributed by atoms with van der Waals surface area (Å²) in [5.74, 6) is 1.81. The van der Waals surface area contributed by atoms with E-state index in [4.69, 9.17) is 19.4 Å². The molecule has 0 saturated carbocycles. The van der Waals surface area contributed by atoms with Crippen LogP contribution in [0.15, 0.2) is 22.4 Å². The first-order chi connectivity index (χ1) is 14.4. The predicted molar refractivity (Wildman–Crippen MR) is 127 cm³/mol. The summed E-state index contributed by atoms with van der Waals surface area (Å²) in [6, 6.07) is 0. The fourth-order valence-electron chi connectivity index (χ4n) is 4.05. The fraction of sp³-hybridized carbons (Fsp3) is 0.476. The first kappa shape index (κ1) is 20.6. The number of fused-ring (bicyclic) bond motifs is 5. The second kappa shape index (κ2) is 8.02. The van der Waals surface area contributed by atoms with Crippen molar-refractivity contribution in [3.05, 3.63) is 28.5 Å². The molecule has 158 valence electrons.